The first kappa shape index (κ1) is 28.0. The van der Waals surface area contributed by atoms with E-state index in [1.807, 2.05) is 0 Å². The molecule has 36 heavy (non-hydrogen) atoms. The molecule has 0 saturated carbocycles. The van der Waals surface area contributed by atoms with Crippen LogP contribution in [0.5, 0.6) is 0 Å². The molecule has 0 aliphatic carbocycles. The summed E-state index contributed by atoms with van der Waals surface area (Å²) in [5, 5.41) is 2.60. The maximum absolute atomic E-state index is 2.64. The third-order valence-electron chi connectivity index (χ3n) is 6.71. The smallest absolute Gasteiger partial charge is 0.220 e. The number of aromatic nitrogens is 1. The van der Waals surface area contributed by atoms with Crippen molar-refractivity contribution in [1.82, 2.24) is 0 Å². The summed E-state index contributed by atoms with van der Waals surface area (Å²) in [6, 6.07) is 16.0. The summed E-state index contributed by atoms with van der Waals surface area (Å²) in [5.74, 6) is 2.42. The van der Waals surface area contributed by atoms with Crippen molar-refractivity contribution in [3.63, 3.8) is 0 Å². The Bertz CT molecular complexity index is 1120. The van der Waals surface area contributed by atoms with Crippen LogP contribution >= 0.6 is 0 Å². The first-order chi connectivity index (χ1) is 17.0. The van der Waals surface area contributed by atoms with Crippen LogP contribution in [0, 0.1) is 30.6 Å². The van der Waals surface area contributed by atoms with Crippen LogP contribution in [0.15, 0.2) is 48.7 Å². The Hall–Kier alpha value is -2.55. The summed E-state index contributed by atoms with van der Waals surface area (Å²) in [6.45, 7) is 25.3. The molecule has 3 rings (SSSR count). The minimum Gasteiger partial charge on any atom is -0.371 e. The van der Waals surface area contributed by atoms with Gasteiger partial charge in [-0.3, -0.25) is 0 Å². The standard InChI is InChI=1S/C33H50N3/c1-23(2)19-35(20-24(3)4)29-17-31(33-30-14-12-11-13-28(30)15-16-34(33)10)27(9)32(18-29)36(21-25(5)6)22-26(7)8/h11-18,23-26H,19-22H2,1-10H3/q+1. The number of rotatable bonds is 11. The lowest BCUT2D eigenvalue weighted by Crippen LogP contribution is -2.35. The van der Waals surface area contributed by atoms with Gasteiger partial charge in [-0.15, -0.1) is 0 Å². The molecule has 1 heterocycles. The van der Waals surface area contributed by atoms with Crippen LogP contribution in [-0.4, -0.2) is 26.2 Å². The van der Waals surface area contributed by atoms with Gasteiger partial charge in [0.2, 0.25) is 5.69 Å². The fourth-order valence-corrected chi connectivity index (χ4v) is 5.41. The minimum absolute atomic E-state index is 0.603. The zero-order chi connectivity index (χ0) is 26.6. The molecule has 1 aromatic heterocycles. The molecule has 0 radical (unpaired) electrons. The van der Waals surface area contributed by atoms with E-state index in [1.165, 1.54) is 39.0 Å². The van der Waals surface area contributed by atoms with Gasteiger partial charge in [-0.05, 0) is 59.7 Å². The number of fused-ring (bicyclic) bond motifs is 1. The Kier molecular flexibility index (Phi) is 9.44. The second kappa shape index (κ2) is 12.1. The number of hydrogen-bond donors (Lipinski definition) is 0. The largest absolute Gasteiger partial charge is 0.371 e. The Labute approximate surface area is 221 Å². The molecule has 3 aromatic rings. The Morgan fingerprint density at radius 1 is 0.694 bits per heavy atom. The molecule has 0 spiro atoms. The first-order valence-electron chi connectivity index (χ1n) is 14.0. The third-order valence-corrected chi connectivity index (χ3v) is 6.71. The number of benzene rings is 2. The molecule has 0 atom stereocenters. The molecule has 0 unspecified atom stereocenters. The molecule has 0 bridgehead atoms. The highest BCUT2D eigenvalue weighted by Gasteiger charge is 2.24. The lowest BCUT2D eigenvalue weighted by molar-refractivity contribution is -0.659. The average Bonchev–Trinajstić information content (AvgIpc) is 2.77. The molecular weight excluding hydrogens is 438 g/mol. The summed E-state index contributed by atoms with van der Waals surface area (Å²) in [7, 11) is 2.19. The van der Waals surface area contributed by atoms with Gasteiger partial charge in [-0.1, -0.05) is 73.6 Å². The van der Waals surface area contributed by atoms with Gasteiger partial charge in [0.15, 0.2) is 6.20 Å². The van der Waals surface area contributed by atoms with Gasteiger partial charge < -0.3 is 9.80 Å². The Morgan fingerprint density at radius 3 is 1.78 bits per heavy atom. The second-order valence-electron chi connectivity index (χ2n) is 12.4. The van der Waals surface area contributed by atoms with Crippen LogP contribution in [0.1, 0.15) is 61.0 Å². The van der Waals surface area contributed by atoms with Crippen LogP contribution in [0.2, 0.25) is 0 Å². The molecule has 0 aliphatic heterocycles. The van der Waals surface area contributed by atoms with Crippen LogP contribution in [0.4, 0.5) is 11.4 Å². The number of anilines is 2. The Morgan fingerprint density at radius 2 is 1.22 bits per heavy atom. The predicted octanol–water partition coefficient (Wildman–Crippen LogP) is 7.88. The van der Waals surface area contributed by atoms with Crippen LogP contribution in [0.3, 0.4) is 0 Å². The van der Waals surface area contributed by atoms with Crippen LogP contribution < -0.4 is 14.4 Å². The maximum Gasteiger partial charge on any atom is 0.220 e. The monoisotopic (exact) mass is 488 g/mol. The van der Waals surface area contributed by atoms with E-state index < -0.39 is 0 Å². The van der Waals surface area contributed by atoms with Gasteiger partial charge >= 0.3 is 0 Å². The predicted molar refractivity (Wildman–Crippen MR) is 159 cm³/mol. The van der Waals surface area contributed by atoms with Crippen LogP contribution in [-0.2, 0) is 7.05 Å². The highest BCUT2D eigenvalue weighted by Crippen LogP contribution is 2.38. The molecule has 0 saturated heterocycles. The fourth-order valence-electron chi connectivity index (χ4n) is 5.41. The van der Waals surface area contributed by atoms with E-state index in [0.29, 0.717) is 23.7 Å². The number of hydrogen-bond acceptors (Lipinski definition) is 2. The zero-order valence-electron chi connectivity index (χ0n) is 24.6. The van der Waals surface area contributed by atoms with Gasteiger partial charge in [0.05, 0.1) is 10.9 Å². The topological polar surface area (TPSA) is 10.4 Å². The molecule has 0 amide bonds. The second-order valence-corrected chi connectivity index (χ2v) is 12.4. The third kappa shape index (κ3) is 6.81. The van der Waals surface area contributed by atoms with Gasteiger partial charge in [0.25, 0.3) is 0 Å². The van der Waals surface area contributed by atoms with E-state index >= 15 is 0 Å². The van der Waals surface area contributed by atoms with Crippen molar-refractivity contribution in [3.05, 3.63) is 54.2 Å². The molecule has 0 aliphatic rings. The Balaban J connectivity index is 2.34. The highest BCUT2D eigenvalue weighted by atomic mass is 15.2. The van der Waals surface area contributed by atoms with Gasteiger partial charge in [-0.2, -0.15) is 0 Å². The van der Waals surface area contributed by atoms with Crippen LogP contribution in [0.25, 0.3) is 22.0 Å². The molecule has 2 aromatic carbocycles. The SMILES string of the molecule is Cc1c(-c2c3ccccc3cc[n+]2C)cc(N(CC(C)C)CC(C)C)cc1N(CC(C)C)CC(C)C. The molecule has 196 valence electrons. The molecule has 3 nitrogen and oxygen atoms in total. The number of aryl methyl sites for hydroxylation is 1. The molecule has 3 heteroatoms. The number of pyridine rings is 1. The molecule has 0 fully saturated rings. The maximum atomic E-state index is 2.64. The van der Waals surface area contributed by atoms with Crippen molar-refractivity contribution in [1.29, 1.82) is 0 Å². The molecule has 0 N–H and O–H groups in total. The lowest BCUT2D eigenvalue weighted by atomic mass is 9.95. The van der Waals surface area contributed by atoms with E-state index in [1.54, 1.807) is 0 Å². The fraction of sp³-hybridized carbons (Fsp3) is 0.545. The van der Waals surface area contributed by atoms with Crippen molar-refractivity contribution in [2.24, 2.45) is 30.7 Å². The first-order valence-corrected chi connectivity index (χ1v) is 14.0. The van der Waals surface area contributed by atoms with E-state index in [0.717, 1.165) is 26.2 Å². The van der Waals surface area contributed by atoms with Crippen molar-refractivity contribution < 1.29 is 4.57 Å². The zero-order valence-corrected chi connectivity index (χ0v) is 24.6. The normalized spacial score (nSPS) is 11.9. The number of nitrogens with zero attached hydrogens (tertiary/aromatic N) is 3. The summed E-state index contributed by atoms with van der Waals surface area (Å²) in [6.07, 6.45) is 2.21. The van der Waals surface area contributed by atoms with E-state index in [4.69, 9.17) is 0 Å². The highest BCUT2D eigenvalue weighted by molar-refractivity contribution is 5.95. The quantitative estimate of drug-likeness (QED) is 0.254. The minimum atomic E-state index is 0.603. The van der Waals surface area contributed by atoms with Gasteiger partial charge in [-0.25, -0.2) is 4.57 Å². The average molecular weight is 489 g/mol. The summed E-state index contributed by atoms with van der Waals surface area (Å²) >= 11 is 0. The summed E-state index contributed by atoms with van der Waals surface area (Å²) in [4.78, 5) is 5.27. The van der Waals surface area contributed by atoms with Crippen molar-refractivity contribution >= 4 is 22.1 Å². The van der Waals surface area contributed by atoms with Crippen molar-refractivity contribution in [3.8, 4) is 11.3 Å². The van der Waals surface area contributed by atoms with E-state index in [-0.39, 0.29) is 0 Å². The van der Waals surface area contributed by atoms with Crippen molar-refractivity contribution in [2.45, 2.75) is 62.3 Å². The van der Waals surface area contributed by atoms with Crippen molar-refractivity contribution in [2.75, 3.05) is 36.0 Å². The van der Waals surface area contributed by atoms with E-state index in [9.17, 15) is 0 Å². The van der Waals surface area contributed by atoms with E-state index in [2.05, 4.69) is 132 Å². The summed E-state index contributed by atoms with van der Waals surface area (Å²) in [5.41, 5.74) is 6.75. The molecular formula is C33H50N3+. The lowest BCUT2D eigenvalue weighted by Gasteiger charge is -2.34. The van der Waals surface area contributed by atoms with Gasteiger partial charge in [0.1, 0.15) is 7.05 Å². The summed E-state index contributed by atoms with van der Waals surface area (Å²) < 4.78 is 2.31. The van der Waals surface area contributed by atoms with Gasteiger partial charge in [0, 0.05) is 43.6 Å².